The Labute approximate surface area is 144 Å². The second-order valence-corrected chi connectivity index (χ2v) is 6.59. The molecule has 25 heavy (non-hydrogen) atoms. The third kappa shape index (κ3) is 5.21. The van der Waals surface area contributed by atoms with Gasteiger partial charge in [0.15, 0.2) is 6.61 Å². The molecule has 0 spiro atoms. The van der Waals surface area contributed by atoms with Crippen LogP contribution >= 0.6 is 0 Å². The van der Waals surface area contributed by atoms with E-state index in [1.54, 1.807) is 0 Å². The quantitative estimate of drug-likeness (QED) is 0.834. The van der Waals surface area contributed by atoms with Crippen molar-refractivity contribution in [3.05, 3.63) is 35.4 Å². The number of alkyl halides is 3. The molecule has 1 aliphatic carbocycles. The Kier molecular flexibility index (Phi) is 6.08. The lowest BCUT2D eigenvalue weighted by Gasteiger charge is -2.34. The predicted molar refractivity (Wildman–Crippen MR) is 85.8 cm³/mol. The zero-order chi connectivity index (χ0) is 18.6. The predicted octanol–water partition coefficient (Wildman–Crippen LogP) is 3.80. The fraction of sp³-hybridized carbons (Fsp3) is 0.556. The van der Waals surface area contributed by atoms with E-state index in [1.807, 2.05) is 0 Å². The van der Waals surface area contributed by atoms with E-state index in [1.165, 1.54) is 0 Å². The largest absolute Gasteiger partial charge is 0.452 e. The Hall–Kier alpha value is -2.05. The monoisotopic (exact) mass is 357 g/mol. The Morgan fingerprint density at radius 1 is 1.16 bits per heavy atom. The van der Waals surface area contributed by atoms with Crippen LogP contribution in [0.25, 0.3) is 0 Å². The van der Waals surface area contributed by atoms with Gasteiger partial charge in [0.1, 0.15) is 0 Å². The van der Waals surface area contributed by atoms with Gasteiger partial charge in [0, 0.05) is 6.04 Å². The fourth-order valence-corrected chi connectivity index (χ4v) is 3.04. The topological polar surface area (TPSA) is 55.4 Å². The number of amides is 1. The molecule has 0 aliphatic heterocycles. The van der Waals surface area contributed by atoms with Crippen molar-refractivity contribution in [1.82, 2.24) is 5.32 Å². The van der Waals surface area contributed by atoms with Gasteiger partial charge in [-0.2, -0.15) is 13.2 Å². The van der Waals surface area contributed by atoms with Gasteiger partial charge in [-0.05, 0) is 42.5 Å². The molecule has 0 heterocycles. The van der Waals surface area contributed by atoms with Crippen molar-refractivity contribution < 1.29 is 27.5 Å². The number of rotatable bonds is 4. The highest BCUT2D eigenvalue weighted by molar-refractivity contribution is 5.91. The van der Waals surface area contributed by atoms with Crippen LogP contribution in [-0.4, -0.2) is 24.5 Å². The number of carbonyl (C=O) groups excluding carboxylic acids is 2. The Balaban J connectivity index is 1.84. The maximum Gasteiger partial charge on any atom is 0.416 e. The van der Waals surface area contributed by atoms with Gasteiger partial charge in [-0.3, -0.25) is 4.79 Å². The molecule has 1 fully saturated rings. The van der Waals surface area contributed by atoms with E-state index >= 15 is 0 Å². The van der Waals surface area contributed by atoms with Gasteiger partial charge in [-0.25, -0.2) is 4.79 Å². The molecular formula is C18H22F3NO3. The summed E-state index contributed by atoms with van der Waals surface area (Å²) in [6.07, 6.45) is -1.39. The zero-order valence-electron chi connectivity index (χ0n) is 14.2. The second-order valence-electron chi connectivity index (χ2n) is 6.59. The van der Waals surface area contributed by atoms with E-state index in [0.29, 0.717) is 11.8 Å². The summed E-state index contributed by atoms with van der Waals surface area (Å²) in [5.41, 5.74) is -0.873. The molecule has 1 aromatic carbocycles. The molecule has 1 aliphatic rings. The van der Waals surface area contributed by atoms with Gasteiger partial charge < -0.3 is 10.1 Å². The van der Waals surface area contributed by atoms with Gasteiger partial charge in [0.2, 0.25) is 0 Å². The summed E-state index contributed by atoms with van der Waals surface area (Å²) in [4.78, 5) is 23.8. The number of carbonyl (C=O) groups is 2. The number of esters is 1. The molecule has 138 valence electrons. The first-order chi connectivity index (χ1) is 11.7. The number of ether oxygens (including phenoxy) is 1. The highest BCUT2D eigenvalue weighted by Crippen LogP contribution is 2.30. The summed E-state index contributed by atoms with van der Waals surface area (Å²) in [6.45, 7) is 3.79. The third-order valence-electron chi connectivity index (χ3n) is 4.84. The van der Waals surface area contributed by atoms with Gasteiger partial charge in [-0.1, -0.05) is 26.7 Å². The van der Waals surface area contributed by atoms with Crippen molar-refractivity contribution in [3.8, 4) is 0 Å². The third-order valence-corrected chi connectivity index (χ3v) is 4.84. The number of nitrogens with one attached hydrogen (secondary N) is 1. The standard InChI is InChI=1S/C18H22F3NO3/c1-11-4-3-5-15(12(11)2)22-16(23)10-25-17(24)13-6-8-14(9-7-13)18(19,20)21/h6-9,11-12,15H,3-5,10H2,1-2H3,(H,22,23)/t11-,12-,15-/m1/s1. The van der Waals surface area contributed by atoms with Crippen LogP contribution in [0, 0.1) is 11.8 Å². The minimum Gasteiger partial charge on any atom is -0.452 e. The Morgan fingerprint density at radius 3 is 2.40 bits per heavy atom. The molecule has 0 aromatic heterocycles. The first-order valence-electron chi connectivity index (χ1n) is 8.32. The van der Waals surface area contributed by atoms with Crippen LogP contribution < -0.4 is 5.32 Å². The van der Waals surface area contributed by atoms with E-state index in [2.05, 4.69) is 19.2 Å². The lowest BCUT2D eigenvalue weighted by Crippen LogP contribution is -2.45. The number of hydrogen-bond donors (Lipinski definition) is 1. The van der Waals surface area contributed by atoms with Crippen molar-refractivity contribution in [2.75, 3.05) is 6.61 Å². The number of hydrogen-bond acceptors (Lipinski definition) is 3. The molecule has 0 radical (unpaired) electrons. The molecule has 1 amide bonds. The first kappa shape index (κ1) is 19.3. The average Bonchev–Trinajstić information content (AvgIpc) is 2.56. The lowest BCUT2D eigenvalue weighted by atomic mass is 9.78. The van der Waals surface area contributed by atoms with Gasteiger partial charge in [-0.15, -0.1) is 0 Å². The molecular weight excluding hydrogens is 335 g/mol. The van der Waals surface area contributed by atoms with E-state index in [-0.39, 0.29) is 11.6 Å². The van der Waals surface area contributed by atoms with E-state index in [4.69, 9.17) is 4.74 Å². The SMILES string of the molecule is C[C@@H]1[C@H](C)CCC[C@H]1NC(=O)COC(=O)c1ccc(C(F)(F)F)cc1. The van der Waals surface area contributed by atoms with Crippen molar-refractivity contribution in [2.24, 2.45) is 11.8 Å². The highest BCUT2D eigenvalue weighted by atomic mass is 19.4. The molecule has 1 aromatic rings. The number of halogens is 3. The van der Waals surface area contributed by atoms with Crippen molar-refractivity contribution >= 4 is 11.9 Å². The van der Waals surface area contributed by atoms with Gasteiger partial charge in [0.25, 0.3) is 5.91 Å². The molecule has 1 N–H and O–H groups in total. The van der Waals surface area contributed by atoms with Gasteiger partial charge in [0.05, 0.1) is 11.1 Å². The van der Waals surface area contributed by atoms with Crippen LogP contribution in [0.15, 0.2) is 24.3 Å². The Morgan fingerprint density at radius 2 is 1.80 bits per heavy atom. The summed E-state index contributed by atoms with van der Waals surface area (Å²) in [6, 6.07) is 3.74. The summed E-state index contributed by atoms with van der Waals surface area (Å²) >= 11 is 0. The van der Waals surface area contributed by atoms with Crippen LogP contribution in [0.5, 0.6) is 0 Å². The summed E-state index contributed by atoms with van der Waals surface area (Å²) in [7, 11) is 0. The molecule has 7 heteroatoms. The highest BCUT2D eigenvalue weighted by Gasteiger charge is 2.30. The van der Waals surface area contributed by atoms with Crippen molar-refractivity contribution in [2.45, 2.75) is 45.3 Å². The van der Waals surface area contributed by atoms with Crippen molar-refractivity contribution in [3.63, 3.8) is 0 Å². The van der Waals surface area contributed by atoms with Crippen LogP contribution in [0.2, 0.25) is 0 Å². The van der Waals surface area contributed by atoms with E-state index in [0.717, 1.165) is 43.5 Å². The van der Waals surface area contributed by atoms with E-state index < -0.39 is 30.2 Å². The molecule has 0 bridgehead atoms. The number of benzene rings is 1. The van der Waals surface area contributed by atoms with Crippen LogP contribution in [0.4, 0.5) is 13.2 Å². The molecule has 4 nitrogen and oxygen atoms in total. The van der Waals surface area contributed by atoms with Crippen molar-refractivity contribution in [1.29, 1.82) is 0 Å². The summed E-state index contributed by atoms with van der Waals surface area (Å²) < 4.78 is 42.3. The Bertz CT molecular complexity index is 613. The second kappa shape index (κ2) is 7.89. The molecule has 3 atom stereocenters. The first-order valence-corrected chi connectivity index (χ1v) is 8.32. The molecule has 1 saturated carbocycles. The van der Waals surface area contributed by atoms with E-state index in [9.17, 15) is 22.8 Å². The molecule has 2 rings (SSSR count). The van der Waals surface area contributed by atoms with Crippen LogP contribution in [0.1, 0.15) is 49.0 Å². The van der Waals surface area contributed by atoms with Crippen LogP contribution in [-0.2, 0) is 15.7 Å². The summed E-state index contributed by atoms with van der Waals surface area (Å²) in [5.74, 6) is -0.350. The maximum absolute atomic E-state index is 12.5. The average molecular weight is 357 g/mol. The molecule has 0 saturated heterocycles. The van der Waals surface area contributed by atoms with Crippen LogP contribution in [0.3, 0.4) is 0 Å². The molecule has 0 unspecified atom stereocenters. The minimum atomic E-state index is -4.46. The lowest BCUT2D eigenvalue weighted by molar-refractivity contribution is -0.137. The fourth-order valence-electron chi connectivity index (χ4n) is 3.04. The zero-order valence-corrected chi connectivity index (χ0v) is 14.2. The smallest absolute Gasteiger partial charge is 0.416 e. The normalized spacial score (nSPS) is 23.8. The minimum absolute atomic E-state index is 0.0274. The maximum atomic E-state index is 12.5. The van der Waals surface area contributed by atoms with Gasteiger partial charge >= 0.3 is 12.1 Å². The summed E-state index contributed by atoms with van der Waals surface area (Å²) in [5, 5.41) is 2.87.